The minimum Gasteiger partial charge on any atom is -0.395 e. The van der Waals surface area contributed by atoms with Crippen LogP contribution in [0.3, 0.4) is 0 Å². The molecule has 3 heteroatoms. The molecule has 0 saturated carbocycles. The first-order valence-corrected chi connectivity index (χ1v) is 5.95. The van der Waals surface area contributed by atoms with E-state index < -0.39 is 0 Å². The van der Waals surface area contributed by atoms with E-state index >= 15 is 0 Å². The summed E-state index contributed by atoms with van der Waals surface area (Å²) in [4.78, 5) is 4.07. The maximum atomic E-state index is 9.20. The van der Waals surface area contributed by atoms with E-state index in [1.54, 1.807) is 6.20 Å². The molecule has 0 radical (unpaired) electrons. The van der Waals surface area contributed by atoms with Crippen molar-refractivity contribution in [3.8, 4) is 0 Å². The number of hydrogen-bond acceptors (Lipinski definition) is 3. The van der Waals surface area contributed by atoms with Gasteiger partial charge in [0.25, 0.3) is 0 Å². The number of aromatic nitrogens is 1. The van der Waals surface area contributed by atoms with Gasteiger partial charge in [0.1, 0.15) is 0 Å². The number of hydrogen-bond donors (Lipinski definition) is 2. The van der Waals surface area contributed by atoms with Crippen LogP contribution in [0.4, 0.5) is 0 Å². The van der Waals surface area contributed by atoms with Gasteiger partial charge in [-0.1, -0.05) is 19.9 Å². The number of nitrogens with one attached hydrogen (secondary N) is 1. The summed E-state index contributed by atoms with van der Waals surface area (Å²) >= 11 is 0. The van der Waals surface area contributed by atoms with E-state index in [9.17, 15) is 5.11 Å². The molecule has 1 atom stereocenters. The highest BCUT2D eigenvalue weighted by Crippen LogP contribution is 2.04. The molecule has 1 aromatic heterocycles. The Morgan fingerprint density at radius 3 is 2.81 bits per heavy atom. The van der Waals surface area contributed by atoms with Gasteiger partial charge in [0.2, 0.25) is 0 Å². The highest BCUT2D eigenvalue weighted by Gasteiger charge is 2.08. The molecule has 1 unspecified atom stereocenters. The molecular weight excluding hydrogens is 200 g/mol. The van der Waals surface area contributed by atoms with E-state index in [2.05, 4.69) is 30.2 Å². The maximum Gasteiger partial charge on any atom is 0.0584 e. The average Bonchev–Trinajstić information content (AvgIpc) is 2.28. The minimum atomic E-state index is 0.214. The summed E-state index contributed by atoms with van der Waals surface area (Å²) in [5.74, 6) is 0.614. The Hall–Kier alpha value is -0.930. The fourth-order valence-electron chi connectivity index (χ4n) is 1.76. The molecule has 90 valence electrons. The fourth-order valence-corrected chi connectivity index (χ4v) is 1.76. The van der Waals surface area contributed by atoms with Gasteiger partial charge < -0.3 is 10.4 Å². The molecule has 0 saturated heterocycles. The second-order valence-electron chi connectivity index (χ2n) is 4.57. The molecular formula is C13H22N2O. The summed E-state index contributed by atoms with van der Waals surface area (Å²) in [6.07, 6.45) is 5.65. The zero-order valence-corrected chi connectivity index (χ0v) is 10.2. The van der Waals surface area contributed by atoms with Crippen LogP contribution in [0, 0.1) is 5.92 Å². The SMILES string of the molecule is CC(C)CC(CO)NCCc1cccnc1. The van der Waals surface area contributed by atoms with E-state index in [1.165, 1.54) is 5.56 Å². The van der Waals surface area contributed by atoms with Gasteiger partial charge >= 0.3 is 0 Å². The van der Waals surface area contributed by atoms with Gasteiger partial charge in [-0.3, -0.25) is 4.98 Å². The normalized spacial score (nSPS) is 13.0. The monoisotopic (exact) mass is 222 g/mol. The van der Waals surface area contributed by atoms with Gasteiger partial charge in [0, 0.05) is 18.4 Å². The van der Waals surface area contributed by atoms with E-state index in [0.29, 0.717) is 5.92 Å². The van der Waals surface area contributed by atoms with Crippen LogP contribution in [-0.2, 0) is 6.42 Å². The molecule has 0 aromatic carbocycles. The minimum absolute atomic E-state index is 0.214. The lowest BCUT2D eigenvalue weighted by molar-refractivity contribution is 0.225. The first-order valence-electron chi connectivity index (χ1n) is 5.95. The van der Waals surface area contributed by atoms with Gasteiger partial charge in [-0.15, -0.1) is 0 Å². The molecule has 0 bridgehead atoms. The Balaban J connectivity index is 2.23. The summed E-state index contributed by atoms with van der Waals surface area (Å²) in [7, 11) is 0. The Morgan fingerprint density at radius 2 is 2.25 bits per heavy atom. The number of aliphatic hydroxyl groups is 1. The highest BCUT2D eigenvalue weighted by molar-refractivity contribution is 5.08. The third-order valence-electron chi connectivity index (χ3n) is 2.55. The lowest BCUT2D eigenvalue weighted by Gasteiger charge is -2.18. The van der Waals surface area contributed by atoms with Crippen LogP contribution in [0.15, 0.2) is 24.5 Å². The molecule has 2 N–H and O–H groups in total. The van der Waals surface area contributed by atoms with E-state index in [0.717, 1.165) is 19.4 Å². The Labute approximate surface area is 97.9 Å². The Morgan fingerprint density at radius 1 is 1.44 bits per heavy atom. The smallest absolute Gasteiger partial charge is 0.0584 e. The third-order valence-corrected chi connectivity index (χ3v) is 2.55. The van der Waals surface area contributed by atoms with Gasteiger partial charge in [-0.05, 0) is 36.9 Å². The zero-order valence-electron chi connectivity index (χ0n) is 10.2. The van der Waals surface area contributed by atoms with Crippen molar-refractivity contribution in [1.29, 1.82) is 0 Å². The second-order valence-corrected chi connectivity index (χ2v) is 4.57. The molecule has 1 heterocycles. The van der Waals surface area contributed by atoms with Crippen molar-refractivity contribution in [1.82, 2.24) is 10.3 Å². The topological polar surface area (TPSA) is 45.1 Å². The number of aliphatic hydroxyl groups excluding tert-OH is 1. The van der Waals surface area contributed by atoms with Gasteiger partial charge in [-0.25, -0.2) is 0 Å². The molecule has 0 aliphatic rings. The first kappa shape index (κ1) is 13.1. The van der Waals surface area contributed by atoms with Crippen LogP contribution in [-0.4, -0.2) is 29.3 Å². The van der Waals surface area contributed by atoms with Crippen LogP contribution in [0.25, 0.3) is 0 Å². The highest BCUT2D eigenvalue weighted by atomic mass is 16.3. The van der Waals surface area contributed by atoms with E-state index in [4.69, 9.17) is 0 Å². The first-order chi connectivity index (χ1) is 7.72. The van der Waals surface area contributed by atoms with Crippen molar-refractivity contribution in [2.75, 3.05) is 13.2 Å². The molecule has 0 aliphatic carbocycles. The number of nitrogens with zero attached hydrogens (tertiary/aromatic N) is 1. The van der Waals surface area contributed by atoms with Crippen LogP contribution in [0.2, 0.25) is 0 Å². The van der Waals surface area contributed by atoms with Crippen LogP contribution >= 0.6 is 0 Å². The van der Waals surface area contributed by atoms with Gasteiger partial charge in [0.05, 0.1) is 6.61 Å². The molecule has 0 fully saturated rings. The molecule has 1 rings (SSSR count). The second kappa shape index (κ2) is 7.36. The van der Waals surface area contributed by atoms with Crippen molar-refractivity contribution < 1.29 is 5.11 Å². The summed E-state index contributed by atoms with van der Waals surface area (Å²) in [5.41, 5.74) is 1.23. The zero-order chi connectivity index (χ0) is 11.8. The van der Waals surface area contributed by atoms with Crippen molar-refractivity contribution in [3.05, 3.63) is 30.1 Å². The Bertz CT molecular complexity index is 275. The van der Waals surface area contributed by atoms with Gasteiger partial charge in [0.15, 0.2) is 0 Å². The molecule has 3 nitrogen and oxygen atoms in total. The van der Waals surface area contributed by atoms with E-state index in [1.807, 2.05) is 12.3 Å². The van der Waals surface area contributed by atoms with Crippen LogP contribution in [0.5, 0.6) is 0 Å². The largest absolute Gasteiger partial charge is 0.395 e. The molecule has 0 amide bonds. The number of rotatable bonds is 7. The van der Waals surface area contributed by atoms with Crippen molar-refractivity contribution in [2.45, 2.75) is 32.7 Å². The average molecular weight is 222 g/mol. The third kappa shape index (κ3) is 5.24. The van der Waals surface area contributed by atoms with Crippen molar-refractivity contribution in [2.24, 2.45) is 5.92 Å². The standard InChI is InChI=1S/C13H22N2O/c1-11(2)8-13(10-16)15-7-5-12-4-3-6-14-9-12/h3-4,6,9,11,13,15-16H,5,7-8,10H2,1-2H3. The molecule has 0 aliphatic heterocycles. The fraction of sp³-hybridized carbons (Fsp3) is 0.615. The van der Waals surface area contributed by atoms with Gasteiger partial charge in [-0.2, -0.15) is 0 Å². The Kier molecular flexibility index (Phi) is 6.04. The predicted molar refractivity (Wildman–Crippen MR) is 66.3 cm³/mol. The summed E-state index contributed by atoms with van der Waals surface area (Å²) in [6, 6.07) is 4.24. The molecule has 1 aromatic rings. The maximum absolute atomic E-state index is 9.20. The van der Waals surface area contributed by atoms with Crippen LogP contribution < -0.4 is 5.32 Å². The van der Waals surface area contributed by atoms with E-state index in [-0.39, 0.29) is 12.6 Å². The summed E-state index contributed by atoms with van der Waals surface area (Å²) < 4.78 is 0. The predicted octanol–water partition coefficient (Wildman–Crippen LogP) is 1.62. The lowest BCUT2D eigenvalue weighted by Crippen LogP contribution is -2.35. The quantitative estimate of drug-likeness (QED) is 0.737. The molecule has 0 spiro atoms. The van der Waals surface area contributed by atoms with Crippen LogP contribution in [0.1, 0.15) is 25.8 Å². The lowest BCUT2D eigenvalue weighted by atomic mass is 10.0. The van der Waals surface area contributed by atoms with Crippen molar-refractivity contribution >= 4 is 0 Å². The van der Waals surface area contributed by atoms with Crippen molar-refractivity contribution in [3.63, 3.8) is 0 Å². The number of pyridine rings is 1. The molecule has 16 heavy (non-hydrogen) atoms. The summed E-state index contributed by atoms with van der Waals surface area (Å²) in [6.45, 7) is 5.45. The summed E-state index contributed by atoms with van der Waals surface area (Å²) in [5, 5.41) is 12.6.